The number of thioether (sulfide) groups is 1. The van der Waals surface area contributed by atoms with E-state index in [1.54, 1.807) is 0 Å². The Labute approximate surface area is 195 Å². The van der Waals surface area contributed by atoms with Gasteiger partial charge in [0.25, 0.3) is 5.56 Å². The van der Waals surface area contributed by atoms with Crippen LogP contribution in [0, 0.1) is 13.8 Å². The summed E-state index contributed by atoms with van der Waals surface area (Å²) in [6.45, 7) is 4.02. The second-order valence-corrected chi connectivity index (χ2v) is 8.98. The number of hydrogen-bond acceptors (Lipinski definition) is 5. The van der Waals surface area contributed by atoms with Crippen LogP contribution in [0.3, 0.4) is 0 Å². The molecule has 0 amide bonds. The summed E-state index contributed by atoms with van der Waals surface area (Å²) in [4.78, 5) is 30.1. The van der Waals surface area contributed by atoms with Crippen molar-refractivity contribution in [2.24, 2.45) is 19.1 Å². The molecule has 6 nitrogen and oxygen atoms in total. The molecule has 4 rings (SSSR count). The van der Waals surface area contributed by atoms with Crippen LogP contribution in [-0.4, -0.2) is 19.3 Å². The number of hydrogen-bond donors (Lipinski definition) is 1. The summed E-state index contributed by atoms with van der Waals surface area (Å²) in [5, 5.41) is 13.4. The third-order valence-electron chi connectivity index (χ3n) is 5.81. The van der Waals surface area contributed by atoms with Crippen LogP contribution in [0.15, 0.2) is 75.2 Å². The van der Waals surface area contributed by atoms with Crippen LogP contribution in [0.5, 0.6) is 5.88 Å². The molecule has 33 heavy (non-hydrogen) atoms. The van der Waals surface area contributed by atoms with Crippen molar-refractivity contribution in [1.82, 2.24) is 9.13 Å². The average Bonchev–Trinajstić information content (AvgIpc) is 2.82. The van der Waals surface area contributed by atoms with Crippen molar-refractivity contribution in [3.05, 3.63) is 104 Å². The Hall–Kier alpha value is -3.58. The minimum absolute atomic E-state index is 0.0167. The SMILES string of the molecule is Cc1ccc(N=C(SCc2cccc3ccccc23)c2c(O)n(C)c(=O)n(C)c2=O)cc1C. The quantitative estimate of drug-likeness (QED) is 0.358. The predicted molar refractivity (Wildman–Crippen MR) is 136 cm³/mol. The molecule has 0 spiro atoms. The van der Waals surface area contributed by atoms with Gasteiger partial charge in [-0.3, -0.25) is 13.9 Å². The number of aliphatic imine (C=N–C) groups is 1. The Kier molecular flexibility index (Phi) is 6.24. The van der Waals surface area contributed by atoms with Crippen LogP contribution in [0.2, 0.25) is 0 Å². The van der Waals surface area contributed by atoms with E-state index in [9.17, 15) is 14.7 Å². The normalized spacial score (nSPS) is 11.8. The lowest BCUT2D eigenvalue weighted by molar-refractivity contribution is 0.410. The van der Waals surface area contributed by atoms with Gasteiger partial charge in [0.1, 0.15) is 10.6 Å². The molecule has 0 aliphatic rings. The average molecular weight is 460 g/mol. The molecule has 0 atom stereocenters. The molecule has 0 unspecified atom stereocenters. The molecule has 0 aliphatic heterocycles. The minimum Gasteiger partial charge on any atom is -0.494 e. The molecule has 4 aromatic rings. The van der Waals surface area contributed by atoms with Gasteiger partial charge in [-0.05, 0) is 53.4 Å². The fourth-order valence-corrected chi connectivity index (χ4v) is 4.69. The highest BCUT2D eigenvalue weighted by atomic mass is 32.2. The highest BCUT2D eigenvalue weighted by Crippen LogP contribution is 2.29. The monoisotopic (exact) mass is 459 g/mol. The van der Waals surface area contributed by atoms with Crippen LogP contribution in [0.4, 0.5) is 5.69 Å². The summed E-state index contributed by atoms with van der Waals surface area (Å²) in [5.41, 5.74) is 2.82. The first kappa shape index (κ1) is 22.6. The molecule has 0 saturated carbocycles. The van der Waals surface area contributed by atoms with Crippen molar-refractivity contribution in [2.75, 3.05) is 0 Å². The fraction of sp³-hybridized carbons (Fsp3) is 0.192. The van der Waals surface area contributed by atoms with Gasteiger partial charge in [0.2, 0.25) is 5.88 Å². The zero-order chi connectivity index (χ0) is 23.7. The Balaban J connectivity index is 1.85. The van der Waals surface area contributed by atoms with E-state index < -0.39 is 17.1 Å². The van der Waals surface area contributed by atoms with Crippen LogP contribution < -0.4 is 11.2 Å². The minimum atomic E-state index is -0.592. The first-order valence-corrected chi connectivity index (χ1v) is 11.5. The largest absolute Gasteiger partial charge is 0.494 e. The number of fused-ring (bicyclic) bond motifs is 1. The van der Waals surface area contributed by atoms with Crippen LogP contribution >= 0.6 is 11.8 Å². The second-order valence-electron chi connectivity index (χ2n) is 8.02. The summed E-state index contributed by atoms with van der Waals surface area (Å²) in [5.74, 6) is 0.146. The highest BCUT2D eigenvalue weighted by Gasteiger charge is 2.21. The standard InChI is InChI=1S/C26H25N3O3S/c1-16-12-13-20(14-17(16)2)27-23(22-24(30)28(3)26(32)29(4)25(22)31)33-15-19-10-7-9-18-8-5-6-11-21(18)19/h5-14,30H,15H2,1-4H3. The third kappa shape index (κ3) is 4.36. The summed E-state index contributed by atoms with van der Waals surface area (Å²) in [6.07, 6.45) is 0. The Morgan fingerprint density at radius 3 is 2.42 bits per heavy atom. The molecule has 1 N–H and O–H groups in total. The van der Waals surface area contributed by atoms with Crippen LogP contribution in [0.1, 0.15) is 22.3 Å². The third-order valence-corrected chi connectivity index (χ3v) is 6.84. The Morgan fingerprint density at radius 2 is 1.67 bits per heavy atom. The van der Waals surface area contributed by atoms with Crippen molar-refractivity contribution in [3.63, 3.8) is 0 Å². The van der Waals surface area contributed by atoms with E-state index in [0.29, 0.717) is 16.5 Å². The molecule has 168 valence electrons. The topological polar surface area (TPSA) is 76.6 Å². The van der Waals surface area contributed by atoms with Gasteiger partial charge >= 0.3 is 5.69 Å². The van der Waals surface area contributed by atoms with Gasteiger partial charge < -0.3 is 5.11 Å². The van der Waals surface area contributed by atoms with Crippen molar-refractivity contribution in [1.29, 1.82) is 0 Å². The first-order valence-electron chi connectivity index (χ1n) is 10.5. The zero-order valence-corrected chi connectivity index (χ0v) is 19.8. The molecular formula is C26H25N3O3S. The van der Waals surface area contributed by atoms with E-state index in [0.717, 1.165) is 36.6 Å². The van der Waals surface area contributed by atoms with Crippen molar-refractivity contribution in [3.8, 4) is 5.88 Å². The lowest BCUT2D eigenvalue weighted by Crippen LogP contribution is -2.39. The molecule has 7 heteroatoms. The lowest BCUT2D eigenvalue weighted by atomic mass is 10.1. The summed E-state index contributed by atoms with van der Waals surface area (Å²) in [6, 6.07) is 20.0. The van der Waals surface area contributed by atoms with E-state index in [4.69, 9.17) is 4.99 Å². The number of benzene rings is 3. The maximum Gasteiger partial charge on any atom is 0.333 e. The molecule has 0 aliphatic carbocycles. The maximum absolute atomic E-state index is 13.0. The van der Waals surface area contributed by atoms with Crippen molar-refractivity contribution >= 4 is 33.3 Å². The molecule has 1 heterocycles. The summed E-state index contributed by atoms with van der Waals surface area (Å²) < 4.78 is 2.05. The van der Waals surface area contributed by atoms with E-state index >= 15 is 0 Å². The second kappa shape index (κ2) is 9.11. The molecule has 1 aromatic heterocycles. The van der Waals surface area contributed by atoms with Crippen molar-refractivity contribution in [2.45, 2.75) is 19.6 Å². The Morgan fingerprint density at radius 1 is 0.939 bits per heavy atom. The molecule has 3 aromatic carbocycles. The number of aromatic nitrogens is 2. The van der Waals surface area contributed by atoms with E-state index in [-0.39, 0.29) is 5.56 Å². The van der Waals surface area contributed by atoms with Gasteiger partial charge in [-0.25, -0.2) is 9.79 Å². The van der Waals surface area contributed by atoms with Crippen LogP contribution in [-0.2, 0) is 19.8 Å². The van der Waals surface area contributed by atoms with E-state index in [2.05, 4.69) is 18.2 Å². The zero-order valence-electron chi connectivity index (χ0n) is 19.0. The highest BCUT2D eigenvalue weighted by molar-refractivity contribution is 8.13. The van der Waals surface area contributed by atoms with Gasteiger partial charge in [0.05, 0.1) is 5.69 Å². The van der Waals surface area contributed by atoms with E-state index in [1.165, 1.54) is 25.9 Å². The van der Waals surface area contributed by atoms with Crippen LogP contribution in [0.25, 0.3) is 10.8 Å². The lowest BCUT2D eigenvalue weighted by Gasteiger charge is -2.13. The number of rotatable bonds is 4. The smallest absolute Gasteiger partial charge is 0.333 e. The van der Waals surface area contributed by atoms with Crippen molar-refractivity contribution < 1.29 is 5.11 Å². The summed E-state index contributed by atoms with van der Waals surface area (Å²) in [7, 11) is 2.83. The van der Waals surface area contributed by atoms with Gasteiger partial charge in [-0.1, -0.05) is 48.5 Å². The number of nitrogens with zero attached hydrogens (tertiary/aromatic N) is 3. The first-order chi connectivity index (χ1) is 15.8. The van der Waals surface area contributed by atoms with Gasteiger partial charge in [-0.15, -0.1) is 11.8 Å². The van der Waals surface area contributed by atoms with Gasteiger partial charge in [0, 0.05) is 19.8 Å². The summed E-state index contributed by atoms with van der Waals surface area (Å²) >= 11 is 1.36. The molecule has 0 fully saturated rings. The number of aryl methyl sites for hydroxylation is 2. The molecular weight excluding hydrogens is 434 g/mol. The molecule has 0 radical (unpaired) electrons. The molecule has 0 saturated heterocycles. The van der Waals surface area contributed by atoms with Gasteiger partial charge in [0.15, 0.2) is 0 Å². The fourth-order valence-electron chi connectivity index (χ4n) is 3.66. The van der Waals surface area contributed by atoms with Gasteiger partial charge in [-0.2, -0.15) is 0 Å². The predicted octanol–water partition coefficient (Wildman–Crippen LogP) is 4.57. The maximum atomic E-state index is 13.0. The Bertz CT molecular complexity index is 1510. The van der Waals surface area contributed by atoms with E-state index in [1.807, 2.05) is 56.3 Å². The number of aromatic hydroxyl groups is 1. The molecule has 0 bridgehead atoms.